The Labute approximate surface area is 122 Å². The summed E-state index contributed by atoms with van der Waals surface area (Å²) in [5.41, 5.74) is 1.23. The lowest BCUT2D eigenvalue weighted by Crippen LogP contribution is -2.41. The van der Waals surface area contributed by atoms with E-state index in [2.05, 4.69) is 0 Å². The molecular formula is C14H15BFNO4. The summed E-state index contributed by atoms with van der Waals surface area (Å²) in [5, 5.41) is 0. The first-order chi connectivity index (χ1) is 9.94. The van der Waals surface area contributed by atoms with Crippen LogP contribution in [-0.2, 0) is 18.9 Å². The minimum Gasteiger partial charge on any atom is -0.495 e. The number of likely N-dealkylation sites (N-methyl/N-ethyl adjacent to an activating group) is 1. The fourth-order valence-electron chi connectivity index (χ4n) is 1.89. The van der Waals surface area contributed by atoms with Crippen molar-refractivity contribution < 1.29 is 23.3 Å². The van der Waals surface area contributed by atoms with Gasteiger partial charge in [0.25, 0.3) is 0 Å². The zero-order valence-corrected chi connectivity index (χ0v) is 11.8. The number of nitrogens with zero attached hydrogens (tertiary/aromatic N) is 1. The van der Waals surface area contributed by atoms with Crippen molar-refractivity contribution in [1.82, 2.24) is 4.90 Å². The highest BCUT2D eigenvalue weighted by Gasteiger charge is 2.29. The zero-order chi connectivity index (χ0) is 15.4. The van der Waals surface area contributed by atoms with Crippen LogP contribution in [0.15, 0.2) is 24.2 Å². The predicted octanol–water partition coefficient (Wildman–Crippen LogP) is 1.21. The van der Waals surface area contributed by atoms with Crippen LogP contribution >= 0.6 is 0 Å². The second-order valence-electron chi connectivity index (χ2n) is 4.89. The third-order valence-electron chi connectivity index (χ3n) is 2.92. The molecule has 1 aliphatic rings. The van der Waals surface area contributed by atoms with Crippen molar-refractivity contribution in [3.63, 3.8) is 0 Å². The maximum absolute atomic E-state index is 13.2. The van der Waals surface area contributed by atoms with E-state index < -0.39 is 19.1 Å². The summed E-state index contributed by atoms with van der Waals surface area (Å²) in [6.07, 6.45) is 1.61. The summed E-state index contributed by atoms with van der Waals surface area (Å²) in [4.78, 5) is 24.6. The number of hydrogen-bond acceptors (Lipinski definition) is 5. The molecule has 1 aliphatic heterocycles. The molecule has 1 aromatic rings. The minimum atomic E-state index is -1.07. The molecule has 0 N–H and O–H groups in total. The van der Waals surface area contributed by atoms with Crippen molar-refractivity contribution in [3.8, 4) is 0 Å². The van der Waals surface area contributed by atoms with Gasteiger partial charge in [-0.2, -0.15) is 0 Å². The van der Waals surface area contributed by atoms with Gasteiger partial charge in [-0.15, -0.1) is 0 Å². The third kappa shape index (κ3) is 4.42. The van der Waals surface area contributed by atoms with Gasteiger partial charge in [-0.1, -0.05) is 12.1 Å². The average Bonchev–Trinajstić information content (AvgIpc) is 2.37. The summed E-state index contributed by atoms with van der Waals surface area (Å²) in [5.74, 6) is 0.206. The van der Waals surface area contributed by atoms with Gasteiger partial charge in [-0.25, -0.2) is 4.39 Å². The Morgan fingerprint density at radius 3 is 2.43 bits per heavy atom. The Morgan fingerprint density at radius 2 is 1.86 bits per heavy atom. The van der Waals surface area contributed by atoms with E-state index in [1.807, 2.05) is 0 Å². The molecule has 2 rings (SSSR count). The maximum atomic E-state index is 13.2. The number of rotatable bonds is 2. The van der Waals surface area contributed by atoms with E-state index in [0.717, 1.165) is 5.56 Å². The van der Waals surface area contributed by atoms with Gasteiger partial charge in [0.1, 0.15) is 5.82 Å². The van der Waals surface area contributed by atoms with Crippen LogP contribution in [0.4, 0.5) is 4.39 Å². The SMILES string of the molecule is Cc1cc(/C=C/B2OC(=O)CN(C)CC(=O)O2)ccc1F. The van der Waals surface area contributed by atoms with E-state index in [1.165, 1.54) is 16.9 Å². The van der Waals surface area contributed by atoms with Crippen molar-refractivity contribution >= 4 is 25.1 Å². The fourth-order valence-corrected chi connectivity index (χ4v) is 1.89. The molecule has 1 aromatic carbocycles. The molecular weight excluding hydrogens is 276 g/mol. The number of carbonyl (C=O) groups excluding carboxylic acids is 2. The van der Waals surface area contributed by atoms with E-state index in [1.54, 1.807) is 32.2 Å². The minimum absolute atomic E-state index is 0.0229. The molecule has 0 unspecified atom stereocenters. The summed E-state index contributed by atoms with van der Waals surface area (Å²) >= 11 is 0. The van der Waals surface area contributed by atoms with Crippen molar-refractivity contribution in [3.05, 3.63) is 41.1 Å². The summed E-state index contributed by atoms with van der Waals surface area (Å²) in [6, 6.07) is 4.57. The van der Waals surface area contributed by atoms with Gasteiger partial charge in [0, 0.05) is 0 Å². The van der Waals surface area contributed by atoms with E-state index >= 15 is 0 Å². The lowest BCUT2D eigenvalue weighted by atomic mass is 9.88. The highest BCUT2D eigenvalue weighted by molar-refractivity contribution is 6.55. The average molecular weight is 291 g/mol. The van der Waals surface area contributed by atoms with Gasteiger partial charge in [0.2, 0.25) is 0 Å². The number of hydrogen-bond donors (Lipinski definition) is 0. The molecule has 0 radical (unpaired) electrons. The normalized spacial score (nSPS) is 17.4. The van der Waals surface area contributed by atoms with Gasteiger partial charge >= 0.3 is 19.1 Å². The van der Waals surface area contributed by atoms with E-state index in [9.17, 15) is 14.0 Å². The molecule has 21 heavy (non-hydrogen) atoms. The number of carbonyl (C=O) groups is 2. The van der Waals surface area contributed by atoms with Gasteiger partial charge in [-0.05, 0) is 43.2 Å². The zero-order valence-electron chi connectivity index (χ0n) is 11.8. The Hall–Kier alpha value is -2.15. The fraction of sp³-hybridized carbons (Fsp3) is 0.286. The summed E-state index contributed by atoms with van der Waals surface area (Å²) < 4.78 is 23.2. The van der Waals surface area contributed by atoms with Gasteiger partial charge in [-0.3, -0.25) is 14.5 Å². The number of benzene rings is 1. The highest BCUT2D eigenvalue weighted by atomic mass is 19.1. The van der Waals surface area contributed by atoms with Crippen molar-refractivity contribution in [2.75, 3.05) is 20.1 Å². The third-order valence-corrected chi connectivity index (χ3v) is 2.92. The Morgan fingerprint density at radius 1 is 1.24 bits per heavy atom. The predicted molar refractivity (Wildman–Crippen MR) is 75.6 cm³/mol. The Kier molecular flexibility index (Phi) is 4.75. The van der Waals surface area contributed by atoms with Crippen LogP contribution in [0.1, 0.15) is 11.1 Å². The van der Waals surface area contributed by atoms with Gasteiger partial charge < -0.3 is 9.31 Å². The van der Waals surface area contributed by atoms with Crippen molar-refractivity contribution in [2.45, 2.75) is 6.92 Å². The maximum Gasteiger partial charge on any atom is 0.628 e. The molecule has 0 atom stereocenters. The van der Waals surface area contributed by atoms with Crippen LogP contribution in [-0.4, -0.2) is 44.1 Å². The monoisotopic (exact) mass is 291 g/mol. The smallest absolute Gasteiger partial charge is 0.495 e. The molecule has 0 amide bonds. The van der Waals surface area contributed by atoms with E-state index in [-0.39, 0.29) is 18.9 Å². The van der Waals surface area contributed by atoms with Crippen molar-refractivity contribution in [1.29, 1.82) is 0 Å². The summed E-state index contributed by atoms with van der Waals surface area (Å²) in [6.45, 7) is 1.70. The van der Waals surface area contributed by atoms with Crippen molar-refractivity contribution in [2.24, 2.45) is 0 Å². The molecule has 7 heteroatoms. The van der Waals surface area contributed by atoms with Crippen LogP contribution in [0, 0.1) is 12.7 Å². The molecule has 1 heterocycles. The largest absolute Gasteiger partial charge is 0.628 e. The number of aryl methyl sites for hydroxylation is 1. The first-order valence-electron chi connectivity index (χ1n) is 6.46. The van der Waals surface area contributed by atoms with Crippen LogP contribution in [0.25, 0.3) is 6.08 Å². The molecule has 0 bridgehead atoms. The lowest BCUT2D eigenvalue weighted by Gasteiger charge is -2.21. The van der Waals surface area contributed by atoms with Crippen LogP contribution in [0.5, 0.6) is 0 Å². The van der Waals surface area contributed by atoms with Crippen LogP contribution < -0.4 is 0 Å². The van der Waals surface area contributed by atoms with E-state index in [0.29, 0.717) is 5.56 Å². The standard InChI is InChI=1S/C14H15BFNO4/c1-10-7-11(3-4-12(10)16)5-6-15-20-13(18)8-17(2)9-14(19)21-15/h3-7H,8-9H2,1-2H3/b6-5+. The molecule has 1 saturated heterocycles. The first kappa shape index (κ1) is 15.2. The van der Waals surface area contributed by atoms with Crippen LogP contribution in [0.3, 0.4) is 0 Å². The Balaban J connectivity index is 2.09. The quantitative estimate of drug-likeness (QED) is 0.767. The second-order valence-corrected chi connectivity index (χ2v) is 4.89. The summed E-state index contributed by atoms with van der Waals surface area (Å²) in [7, 11) is 0.559. The van der Waals surface area contributed by atoms with Gasteiger partial charge in [0.05, 0.1) is 13.1 Å². The number of halogens is 1. The van der Waals surface area contributed by atoms with E-state index in [4.69, 9.17) is 9.31 Å². The highest BCUT2D eigenvalue weighted by Crippen LogP contribution is 2.11. The topological polar surface area (TPSA) is 55.8 Å². The first-order valence-corrected chi connectivity index (χ1v) is 6.46. The molecule has 0 aromatic heterocycles. The molecule has 0 spiro atoms. The van der Waals surface area contributed by atoms with Crippen LogP contribution in [0.2, 0.25) is 0 Å². The molecule has 5 nitrogen and oxygen atoms in total. The Bertz CT molecular complexity index is 570. The van der Waals surface area contributed by atoms with Gasteiger partial charge in [0.15, 0.2) is 0 Å². The second kappa shape index (κ2) is 6.54. The lowest BCUT2D eigenvalue weighted by molar-refractivity contribution is -0.145. The molecule has 1 fully saturated rings. The molecule has 0 aliphatic carbocycles. The molecule has 0 saturated carbocycles. The molecule has 110 valence electrons.